The van der Waals surface area contributed by atoms with E-state index in [0.717, 1.165) is 18.4 Å². The molecule has 1 atom stereocenters. The van der Waals surface area contributed by atoms with E-state index in [1.807, 2.05) is 30.3 Å². The highest BCUT2D eigenvalue weighted by atomic mass is 16.4. The number of rotatable bonds is 4. The van der Waals surface area contributed by atoms with Crippen molar-refractivity contribution in [2.75, 3.05) is 7.05 Å². The highest BCUT2D eigenvalue weighted by molar-refractivity contribution is 5.77. The summed E-state index contributed by atoms with van der Waals surface area (Å²) in [5, 5.41) is 12.1. The molecule has 1 aromatic rings. The lowest BCUT2D eigenvalue weighted by Crippen LogP contribution is -2.44. The van der Waals surface area contributed by atoms with Crippen molar-refractivity contribution in [2.24, 2.45) is 0 Å². The highest BCUT2D eigenvalue weighted by Gasteiger charge is 2.53. The number of aliphatic carboxylic acids is 1. The molecule has 2 rings (SSSR count). The molecular formula is C12H15NO2. The molecule has 1 unspecified atom stereocenters. The van der Waals surface area contributed by atoms with E-state index in [9.17, 15) is 4.79 Å². The van der Waals surface area contributed by atoms with Gasteiger partial charge in [0.05, 0.1) is 0 Å². The van der Waals surface area contributed by atoms with E-state index in [1.54, 1.807) is 7.05 Å². The largest absolute Gasteiger partial charge is 0.480 e. The Labute approximate surface area is 89.1 Å². The Balaban J connectivity index is 2.31. The van der Waals surface area contributed by atoms with Crippen molar-refractivity contribution in [1.82, 2.24) is 5.32 Å². The lowest BCUT2D eigenvalue weighted by Gasteiger charge is -2.23. The van der Waals surface area contributed by atoms with Crippen LogP contribution < -0.4 is 5.32 Å². The van der Waals surface area contributed by atoms with Crippen molar-refractivity contribution in [2.45, 2.75) is 24.3 Å². The van der Waals surface area contributed by atoms with Gasteiger partial charge in [-0.25, -0.2) is 0 Å². The fourth-order valence-electron chi connectivity index (χ4n) is 2.28. The first-order valence-corrected chi connectivity index (χ1v) is 5.16. The molecular weight excluding hydrogens is 190 g/mol. The normalized spacial score (nSPS) is 19.5. The molecule has 0 aromatic heterocycles. The molecule has 15 heavy (non-hydrogen) atoms. The Morgan fingerprint density at radius 1 is 1.40 bits per heavy atom. The molecule has 1 saturated carbocycles. The van der Waals surface area contributed by atoms with Crippen LogP contribution in [-0.4, -0.2) is 24.2 Å². The molecule has 0 amide bonds. The number of likely N-dealkylation sites (N-methyl/N-ethyl adjacent to an activating group) is 1. The number of hydrogen-bond donors (Lipinski definition) is 2. The first-order chi connectivity index (χ1) is 7.20. The van der Waals surface area contributed by atoms with E-state index in [0.29, 0.717) is 0 Å². The molecule has 0 aliphatic heterocycles. The minimum Gasteiger partial charge on any atom is -0.480 e. The van der Waals surface area contributed by atoms with Crippen molar-refractivity contribution >= 4 is 5.97 Å². The van der Waals surface area contributed by atoms with E-state index < -0.39 is 12.0 Å². The lowest BCUT2D eigenvalue weighted by molar-refractivity contribution is -0.140. The maximum absolute atomic E-state index is 11.1. The second-order valence-electron chi connectivity index (χ2n) is 4.08. The molecule has 3 nitrogen and oxygen atoms in total. The Kier molecular flexibility index (Phi) is 2.49. The summed E-state index contributed by atoms with van der Waals surface area (Å²) >= 11 is 0. The predicted octanol–water partition coefficient (Wildman–Crippen LogP) is 1.39. The van der Waals surface area contributed by atoms with Gasteiger partial charge in [-0.05, 0) is 25.5 Å². The zero-order chi connectivity index (χ0) is 10.9. The second kappa shape index (κ2) is 3.66. The first-order valence-electron chi connectivity index (χ1n) is 5.16. The topological polar surface area (TPSA) is 49.3 Å². The fraction of sp³-hybridized carbons (Fsp3) is 0.417. The van der Waals surface area contributed by atoms with Gasteiger partial charge in [0.25, 0.3) is 0 Å². The number of nitrogens with one attached hydrogen (secondary N) is 1. The number of hydrogen-bond acceptors (Lipinski definition) is 2. The summed E-state index contributed by atoms with van der Waals surface area (Å²) < 4.78 is 0. The maximum Gasteiger partial charge on any atom is 0.321 e. The third-order valence-corrected chi connectivity index (χ3v) is 3.23. The zero-order valence-corrected chi connectivity index (χ0v) is 8.73. The Morgan fingerprint density at radius 3 is 2.40 bits per heavy atom. The molecule has 0 radical (unpaired) electrons. The first kappa shape index (κ1) is 10.2. The van der Waals surface area contributed by atoms with Crippen LogP contribution >= 0.6 is 0 Å². The average molecular weight is 205 g/mol. The van der Waals surface area contributed by atoms with Gasteiger partial charge < -0.3 is 10.4 Å². The molecule has 80 valence electrons. The molecule has 3 heteroatoms. The molecule has 2 N–H and O–H groups in total. The quantitative estimate of drug-likeness (QED) is 0.781. The van der Waals surface area contributed by atoms with Gasteiger partial charge in [-0.3, -0.25) is 4.79 Å². The van der Waals surface area contributed by atoms with E-state index in [-0.39, 0.29) is 5.41 Å². The minimum absolute atomic E-state index is 0.179. The van der Waals surface area contributed by atoms with Crippen molar-refractivity contribution < 1.29 is 9.90 Å². The van der Waals surface area contributed by atoms with Crippen molar-refractivity contribution in [1.29, 1.82) is 0 Å². The SMILES string of the molecule is CNC(C(=O)O)C1(c2ccccc2)CC1. The summed E-state index contributed by atoms with van der Waals surface area (Å²) in [6, 6.07) is 9.43. The van der Waals surface area contributed by atoms with Crippen molar-refractivity contribution in [3.63, 3.8) is 0 Å². The summed E-state index contributed by atoms with van der Waals surface area (Å²) in [5.41, 5.74) is 0.953. The minimum atomic E-state index is -0.765. The molecule has 0 heterocycles. The smallest absolute Gasteiger partial charge is 0.321 e. The van der Waals surface area contributed by atoms with Crippen LogP contribution in [0.5, 0.6) is 0 Å². The summed E-state index contributed by atoms with van der Waals surface area (Å²) in [6.45, 7) is 0. The van der Waals surface area contributed by atoms with Gasteiger partial charge in [0.1, 0.15) is 6.04 Å². The van der Waals surface area contributed by atoms with Crippen molar-refractivity contribution in [3.05, 3.63) is 35.9 Å². The van der Waals surface area contributed by atoms with Gasteiger partial charge in [0.2, 0.25) is 0 Å². The van der Waals surface area contributed by atoms with E-state index in [4.69, 9.17) is 5.11 Å². The van der Waals surface area contributed by atoms with Crippen LogP contribution in [-0.2, 0) is 10.2 Å². The molecule has 0 bridgehead atoms. The van der Waals surface area contributed by atoms with Gasteiger partial charge in [0.15, 0.2) is 0 Å². The third-order valence-electron chi connectivity index (χ3n) is 3.23. The number of benzene rings is 1. The zero-order valence-electron chi connectivity index (χ0n) is 8.73. The van der Waals surface area contributed by atoms with E-state index in [1.165, 1.54) is 0 Å². The average Bonchev–Trinajstić information content (AvgIpc) is 3.01. The van der Waals surface area contributed by atoms with Crippen LogP contribution in [0.4, 0.5) is 0 Å². The van der Waals surface area contributed by atoms with Gasteiger partial charge in [-0.15, -0.1) is 0 Å². The number of carboxylic acid groups (broad SMARTS) is 1. The van der Waals surface area contributed by atoms with Gasteiger partial charge in [-0.1, -0.05) is 30.3 Å². The van der Waals surface area contributed by atoms with Gasteiger partial charge >= 0.3 is 5.97 Å². The van der Waals surface area contributed by atoms with Gasteiger partial charge in [-0.2, -0.15) is 0 Å². The summed E-state index contributed by atoms with van der Waals surface area (Å²) in [5.74, 6) is -0.765. The maximum atomic E-state index is 11.1. The molecule has 0 saturated heterocycles. The Morgan fingerprint density at radius 2 is 2.00 bits per heavy atom. The second-order valence-corrected chi connectivity index (χ2v) is 4.08. The van der Waals surface area contributed by atoms with Gasteiger partial charge in [0, 0.05) is 5.41 Å². The van der Waals surface area contributed by atoms with Crippen LogP contribution in [0.25, 0.3) is 0 Å². The number of carboxylic acids is 1. The van der Waals surface area contributed by atoms with Crippen molar-refractivity contribution in [3.8, 4) is 0 Å². The Hall–Kier alpha value is -1.35. The van der Waals surface area contributed by atoms with E-state index in [2.05, 4.69) is 5.32 Å². The van der Waals surface area contributed by atoms with Crippen LogP contribution in [0.2, 0.25) is 0 Å². The Bertz CT molecular complexity index is 357. The van der Waals surface area contributed by atoms with Crippen LogP contribution in [0.15, 0.2) is 30.3 Å². The monoisotopic (exact) mass is 205 g/mol. The molecule has 1 aliphatic rings. The summed E-state index contributed by atoms with van der Waals surface area (Å²) in [6.07, 6.45) is 1.91. The molecule has 0 spiro atoms. The van der Waals surface area contributed by atoms with Crippen LogP contribution in [0, 0.1) is 0 Å². The standard InChI is InChI=1S/C12H15NO2/c1-13-10(11(14)15)12(7-8-12)9-5-3-2-4-6-9/h2-6,10,13H,7-8H2,1H3,(H,14,15). The van der Waals surface area contributed by atoms with Crippen LogP contribution in [0.3, 0.4) is 0 Å². The third kappa shape index (κ3) is 1.63. The van der Waals surface area contributed by atoms with E-state index >= 15 is 0 Å². The van der Waals surface area contributed by atoms with Crippen LogP contribution in [0.1, 0.15) is 18.4 Å². The molecule has 1 aliphatic carbocycles. The number of carbonyl (C=O) groups is 1. The summed E-state index contributed by atoms with van der Waals surface area (Å²) in [4.78, 5) is 11.1. The predicted molar refractivity (Wildman–Crippen MR) is 57.8 cm³/mol. The molecule has 1 fully saturated rings. The fourth-order valence-corrected chi connectivity index (χ4v) is 2.28. The summed E-state index contributed by atoms with van der Waals surface area (Å²) in [7, 11) is 1.71. The highest BCUT2D eigenvalue weighted by Crippen LogP contribution is 2.50. The lowest BCUT2D eigenvalue weighted by atomic mass is 9.88. The molecule has 1 aromatic carbocycles.